The number of carbonyl (C=O) groups excluding carboxylic acids is 2. The Balaban J connectivity index is 1.15. The smallest absolute Gasteiger partial charge is 0.257 e. The Morgan fingerprint density at radius 2 is 1.66 bits per heavy atom. The van der Waals surface area contributed by atoms with Crippen LogP contribution >= 0.6 is 11.3 Å². The summed E-state index contributed by atoms with van der Waals surface area (Å²) in [7, 11) is 0. The number of nitrogens with one attached hydrogen (secondary N) is 2. The molecule has 7 heteroatoms. The second-order valence-electron chi connectivity index (χ2n) is 10.6. The number of carbonyl (C=O) groups is 2. The molecule has 1 aromatic carbocycles. The van der Waals surface area contributed by atoms with Crippen LogP contribution < -0.4 is 10.6 Å². The first-order valence-electron chi connectivity index (χ1n) is 11.9. The molecule has 0 radical (unpaired) electrons. The highest BCUT2D eigenvalue weighted by Crippen LogP contribution is 2.60. The maximum absolute atomic E-state index is 13.1. The van der Waals surface area contributed by atoms with Crippen LogP contribution in [0.2, 0.25) is 0 Å². The molecular weight excluding hydrogens is 420 g/mol. The van der Waals surface area contributed by atoms with Crippen LogP contribution in [0.15, 0.2) is 24.3 Å². The van der Waals surface area contributed by atoms with Crippen molar-refractivity contribution in [2.24, 2.45) is 29.1 Å². The van der Waals surface area contributed by atoms with Gasteiger partial charge in [-0.2, -0.15) is 0 Å². The molecule has 0 spiro atoms. The highest BCUT2D eigenvalue weighted by molar-refractivity contribution is 7.15. The number of rotatable bonds is 7. The Kier molecular flexibility index (Phi) is 5.78. The zero-order chi connectivity index (χ0) is 22.3. The lowest BCUT2D eigenvalue weighted by molar-refractivity contribution is -0.146. The van der Waals surface area contributed by atoms with Gasteiger partial charge < -0.3 is 5.32 Å². The first-order valence-corrected chi connectivity index (χ1v) is 12.7. The van der Waals surface area contributed by atoms with E-state index in [-0.39, 0.29) is 17.2 Å². The van der Waals surface area contributed by atoms with Crippen molar-refractivity contribution < 1.29 is 9.59 Å². The van der Waals surface area contributed by atoms with E-state index < -0.39 is 0 Å². The van der Waals surface area contributed by atoms with Gasteiger partial charge in [0.1, 0.15) is 5.01 Å². The predicted octanol–water partition coefficient (Wildman–Crippen LogP) is 4.82. The zero-order valence-electron chi connectivity index (χ0n) is 18.9. The summed E-state index contributed by atoms with van der Waals surface area (Å²) >= 11 is 1.42. The van der Waals surface area contributed by atoms with E-state index in [0.29, 0.717) is 23.2 Å². The number of hydrogen-bond acceptors (Lipinski definition) is 5. The fraction of sp³-hybridized carbons (Fsp3) is 0.600. The molecular formula is C25H32N4O2S. The summed E-state index contributed by atoms with van der Waals surface area (Å²) < 4.78 is 0. The largest absolute Gasteiger partial charge is 0.352 e. The second kappa shape index (κ2) is 8.58. The average Bonchev–Trinajstić information content (AvgIpc) is 3.17. The van der Waals surface area contributed by atoms with Gasteiger partial charge in [0.15, 0.2) is 0 Å². The summed E-state index contributed by atoms with van der Waals surface area (Å²) in [6, 6.07) is 7.44. The van der Waals surface area contributed by atoms with E-state index in [1.165, 1.54) is 30.6 Å². The molecule has 4 saturated carbocycles. The predicted molar refractivity (Wildman–Crippen MR) is 125 cm³/mol. The van der Waals surface area contributed by atoms with E-state index in [2.05, 4.69) is 34.7 Å². The van der Waals surface area contributed by atoms with Crippen LogP contribution in [-0.4, -0.2) is 22.0 Å². The van der Waals surface area contributed by atoms with E-state index >= 15 is 0 Å². The Labute approximate surface area is 193 Å². The van der Waals surface area contributed by atoms with Crippen molar-refractivity contribution in [1.29, 1.82) is 0 Å². The fourth-order valence-corrected chi connectivity index (χ4v) is 7.38. The van der Waals surface area contributed by atoms with Gasteiger partial charge >= 0.3 is 0 Å². The number of benzene rings is 1. The molecule has 0 saturated heterocycles. The van der Waals surface area contributed by atoms with Crippen molar-refractivity contribution >= 4 is 28.3 Å². The van der Waals surface area contributed by atoms with Gasteiger partial charge in [-0.1, -0.05) is 37.3 Å². The summed E-state index contributed by atoms with van der Waals surface area (Å²) in [6.07, 6.45) is 8.11. The first-order chi connectivity index (χ1) is 15.4. The van der Waals surface area contributed by atoms with Crippen LogP contribution in [0, 0.1) is 29.1 Å². The van der Waals surface area contributed by atoms with Gasteiger partial charge in [-0.05, 0) is 79.9 Å². The zero-order valence-corrected chi connectivity index (χ0v) is 19.7. The molecule has 2 aromatic rings. The number of nitrogens with zero attached hydrogens (tertiary/aromatic N) is 2. The van der Waals surface area contributed by atoms with Crippen LogP contribution in [-0.2, 0) is 17.8 Å². The SMILES string of the molecule is CC(C)Cc1nnc(NC(=O)c2ccc(CNC(=O)C34CC5CC(CC(C5)C3)C4)cc2)s1. The molecule has 4 aliphatic carbocycles. The van der Waals surface area contributed by atoms with E-state index in [0.717, 1.165) is 54.0 Å². The van der Waals surface area contributed by atoms with Gasteiger partial charge in [0.25, 0.3) is 5.91 Å². The summed E-state index contributed by atoms with van der Waals surface area (Å²) in [5, 5.41) is 15.7. The maximum Gasteiger partial charge on any atom is 0.257 e. The summed E-state index contributed by atoms with van der Waals surface area (Å²) in [5.74, 6) is 2.84. The van der Waals surface area contributed by atoms with Crippen LogP contribution in [0.1, 0.15) is 73.3 Å². The van der Waals surface area contributed by atoms with Crippen molar-refractivity contribution in [3.8, 4) is 0 Å². The topological polar surface area (TPSA) is 84.0 Å². The quantitative estimate of drug-likeness (QED) is 0.631. The standard InChI is InChI=1S/C25H32N4O2S/c1-15(2)7-21-28-29-24(32-21)27-22(30)20-5-3-16(4-6-20)14-26-23(31)25-11-17-8-18(12-25)10-19(9-17)13-25/h3-6,15,17-19H,7-14H2,1-2H3,(H,26,31)(H,27,29,30). The molecule has 4 aliphatic rings. The van der Waals surface area contributed by atoms with Crippen molar-refractivity contribution in [2.75, 3.05) is 5.32 Å². The highest BCUT2D eigenvalue weighted by Gasteiger charge is 2.54. The molecule has 6 nitrogen and oxygen atoms in total. The van der Waals surface area contributed by atoms with Crippen LogP contribution in [0.3, 0.4) is 0 Å². The minimum atomic E-state index is -0.193. The monoisotopic (exact) mass is 452 g/mol. The second-order valence-corrected chi connectivity index (χ2v) is 11.7. The van der Waals surface area contributed by atoms with E-state index in [1.54, 1.807) is 12.1 Å². The van der Waals surface area contributed by atoms with E-state index in [9.17, 15) is 9.59 Å². The Morgan fingerprint density at radius 1 is 1.03 bits per heavy atom. The number of aromatic nitrogens is 2. The van der Waals surface area contributed by atoms with Gasteiger partial charge in [-0.3, -0.25) is 14.9 Å². The number of amides is 2. The number of anilines is 1. The Hall–Kier alpha value is -2.28. The van der Waals surface area contributed by atoms with Crippen LogP contribution in [0.4, 0.5) is 5.13 Å². The third kappa shape index (κ3) is 4.45. The van der Waals surface area contributed by atoms with Gasteiger partial charge in [0, 0.05) is 23.9 Å². The molecule has 2 amide bonds. The fourth-order valence-electron chi connectivity index (χ4n) is 6.44. The average molecular weight is 453 g/mol. The molecule has 1 heterocycles. The molecule has 0 aliphatic heterocycles. The van der Waals surface area contributed by atoms with E-state index in [4.69, 9.17) is 0 Å². The molecule has 4 bridgehead atoms. The van der Waals surface area contributed by atoms with Gasteiger partial charge in [0.2, 0.25) is 11.0 Å². The van der Waals surface area contributed by atoms with Crippen molar-refractivity contribution in [3.63, 3.8) is 0 Å². The molecule has 1 aromatic heterocycles. The minimum absolute atomic E-state index is 0.120. The van der Waals surface area contributed by atoms with Gasteiger partial charge in [-0.15, -0.1) is 10.2 Å². The van der Waals surface area contributed by atoms with Crippen LogP contribution in [0.25, 0.3) is 0 Å². The maximum atomic E-state index is 13.1. The van der Waals surface area contributed by atoms with Gasteiger partial charge in [0.05, 0.1) is 0 Å². The van der Waals surface area contributed by atoms with E-state index in [1.807, 2.05) is 12.1 Å². The van der Waals surface area contributed by atoms with Crippen LogP contribution in [0.5, 0.6) is 0 Å². The third-order valence-corrected chi connectivity index (χ3v) is 8.32. The summed E-state index contributed by atoms with van der Waals surface area (Å²) in [4.78, 5) is 25.7. The minimum Gasteiger partial charge on any atom is -0.352 e. The van der Waals surface area contributed by atoms with Crippen molar-refractivity contribution in [3.05, 3.63) is 40.4 Å². The molecule has 32 heavy (non-hydrogen) atoms. The highest BCUT2D eigenvalue weighted by atomic mass is 32.1. The molecule has 0 unspecified atom stereocenters. The lowest BCUT2D eigenvalue weighted by atomic mass is 9.49. The van der Waals surface area contributed by atoms with Crippen molar-refractivity contribution in [1.82, 2.24) is 15.5 Å². The lowest BCUT2D eigenvalue weighted by Gasteiger charge is -2.55. The Bertz CT molecular complexity index is 962. The molecule has 4 fully saturated rings. The molecule has 2 N–H and O–H groups in total. The summed E-state index contributed by atoms with van der Waals surface area (Å²) in [5.41, 5.74) is 1.46. The third-order valence-electron chi connectivity index (χ3n) is 7.46. The molecule has 170 valence electrons. The van der Waals surface area contributed by atoms with Crippen molar-refractivity contribution in [2.45, 2.75) is 65.3 Å². The lowest BCUT2D eigenvalue weighted by Crippen LogP contribution is -2.53. The molecule has 6 rings (SSSR count). The normalized spacial score (nSPS) is 28.2. The Morgan fingerprint density at radius 3 is 2.25 bits per heavy atom. The summed E-state index contributed by atoms with van der Waals surface area (Å²) in [6.45, 7) is 4.77. The molecule has 0 atom stereocenters. The van der Waals surface area contributed by atoms with Gasteiger partial charge in [-0.25, -0.2) is 0 Å². The number of hydrogen-bond donors (Lipinski definition) is 2. The first kappa shape index (κ1) is 21.6.